The van der Waals surface area contributed by atoms with Gasteiger partial charge in [-0.25, -0.2) is 14.4 Å². The zero-order chi connectivity index (χ0) is 13.7. The summed E-state index contributed by atoms with van der Waals surface area (Å²) in [4.78, 5) is 8.38. The van der Waals surface area contributed by atoms with E-state index in [1.165, 1.54) is 18.5 Å². The molecule has 1 heterocycles. The van der Waals surface area contributed by atoms with Gasteiger partial charge in [0.25, 0.3) is 0 Å². The second-order valence-corrected chi connectivity index (χ2v) is 4.21. The number of aromatic nitrogens is 2. The molecule has 0 amide bonds. The Morgan fingerprint density at radius 2 is 1.89 bits per heavy atom. The van der Waals surface area contributed by atoms with E-state index in [2.05, 4.69) is 20.6 Å². The topological polar surface area (TPSA) is 49.8 Å². The van der Waals surface area contributed by atoms with Crippen molar-refractivity contribution in [2.24, 2.45) is 0 Å². The molecule has 0 spiro atoms. The van der Waals surface area contributed by atoms with Crippen molar-refractivity contribution in [2.45, 2.75) is 20.4 Å². The first-order valence-corrected chi connectivity index (χ1v) is 6.24. The molecule has 2 aromatic rings. The Morgan fingerprint density at radius 3 is 2.58 bits per heavy atom. The van der Waals surface area contributed by atoms with Crippen molar-refractivity contribution in [1.29, 1.82) is 0 Å². The van der Waals surface area contributed by atoms with Gasteiger partial charge in [-0.3, -0.25) is 0 Å². The summed E-state index contributed by atoms with van der Waals surface area (Å²) in [5, 5.41) is 6.37. The zero-order valence-corrected chi connectivity index (χ0v) is 11.1. The quantitative estimate of drug-likeness (QED) is 0.867. The Labute approximate surface area is 112 Å². The molecule has 0 bridgehead atoms. The molecule has 2 N–H and O–H groups in total. The summed E-state index contributed by atoms with van der Waals surface area (Å²) < 4.78 is 13.1. The molecule has 100 valence electrons. The van der Waals surface area contributed by atoms with Crippen molar-refractivity contribution in [1.82, 2.24) is 9.97 Å². The monoisotopic (exact) mass is 260 g/mol. The molecule has 0 aliphatic rings. The molecular weight excluding hydrogens is 243 g/mol. The first-order valence-electron chi connectivity index (χ1n) is 6.24. The maximum Gasteiger partial charge on any atom is 0.134 e. The molecule has 2 rings (SSSR count). The SMILES string of the molecule is CCNc1ncnc(NCc2cccc(F)c2)c1C. The highest BCUT2D eigenvalue weighted by atomic mass is 19.1. The molecule has 19 heavy (non-hydrogen) atoms. The lowest BCUT2D eigenvalue weighted by Crippen LogP contribution is -2.08. The number of benzene rings is 1. The normalized spacial score (nSPS) is 10.3. The Kier molecular flexibility index (Phi) is 4.28. The maximum atomic E-state index is 13.1. The third-order valence-electron chi connectivity index (χ3n) is 2.78. The van der Waals surface area contributed by atoms with Gasteiger partial charge in [0, 0.05) is 18.7 Å². The molecule has 0 saturated carbocycles. The fraction of sp³-hybridized carbons (Fsp3) is 0.286. The summed E-state index contributed by atoms with van der Waals surface area (Å²) in [5.74, 6) is 1.35. The predicted molar refractivity (Wildman–Crippen MR) is 74.7 cm³/mol. The van der Waals surface area contributed by atoms with Crippen molar-refractivity contribution < 1.29 is 4.39 Å². The number of hydrogen-bond acceptors (Lipinski definition) is 4. The molecule has 0 saturated heterocycles. The predicted octanol–water partition coefficient (Wildman–Crippen LogP) is 2.97. The van der Waals surface area contributed by atoms with Crippen molar-refractivity contribution in [3.8, 4) is 0 Å². The minimum atomic E-state index is -0.230. The highest BCUT2D eigenvalue weighted by Gasteiger charge is 2.05. The Bertz CT molecular complexity index is 557. The molecule has 0 aliphatic carbocycles. The van der Waals surface area contributed by atoms with E-state index in [9.17, 15) is 4.39 Å². The van der Waals surface area contributed by atoms with Crippen LogP contribution in [-0.4, -0.2) is 16.5 Å². The number of hydrogen-bond donors (Lipinski definition) is 2. The van der Waals surface area contributed by atoms with Crippen LogP contribution in [0, 0.1) is 12.7 Å². The van der Waals surface area contributed by atoms with Crippen LogP contribution in [0.5, 0.6) is 0 Å². The molecule has 0 radical (unpaired) electrons. The van der Waals surface area contributed by atoms with Crippen LogP contribution < -0.4 is 10.6 Å². The van der Waals surface area contributed by atoms with E-state index in [-0.39, 0.29) is 5.82 Å². The van der Waals surface area contributed by atoms with Crippen molar-refractivity contribution in [3.63, 3.8) is 0 Å². The first-order chi connectivity index (χ1) is 9.20. The van der Waals surface area contributed by atoms with Gasteiger partial charge >= 0.3 is 0 Å². The van der Waals surface area contributed by atoms with Crippen LogP contribution in [0.4, 0.5) is 16.0 Å². The molecule has 1 aromatic carbocycles. The van der Waals surface area contributed by atoms with E-state index in [1.807, 2.05) is 19.9 Å². The molecule has 0 aliphatic heterocycles. The van der Waals surface area contributed by atoms with Crippen LogP contribution in [0.25, 0.3) is 0 Å². The van der Waals surface area contributed by atoms with E-state index in [0.717, 1.165) is 29.3 Å². The first kappa shape index (κ1) is 13.3. The fourth-order valence-electron chi connectivity index (χ4n) is 1.81. The zero-order valence-electron chi connectivity index (χ0n) is 11.1. The number of nitrogens with zero attached hydrogens (tertiary/aromatic N) is 2. The second kappa shape index (κ2) is 6.13. The van der Waals surface area contributed by atoms with Crippen LogP contribution in [-0.2, 0) is 6.54 Å². The Balaban J connectivity index is 2.09. The highest BCUT2D eigenvalue weighted by molar-refractivity contribution is 5.56. The van der Waals surface area contributed by atoms with Gasteiger partial charge in [-0.05, 0) is 31.5 Å². The largest absolute Gasteiger partial charge is 0.370 e. The van der Waals surface area contributed by atoms with E-state index >= 15 is 0 Å². The fourth-order valence-corrected chi connectivity index (χ4v) is 1.81. The number of nitrogens with one attached hydrogen (secondary N) is 2. The van der Waals surface area contributed by atoms with Crippen molar-refractivity contribution >= 4 is 11.6 Å². The minimum Gasteiger partial charge on any atom is -0.370 e. The van der Waals surface area contributed by atoms with Gasteiger partial charge < -0.3 is 10.6 Å². The smallest absolute Gasteiger partial charge is 0.134 e. The minimum absolute atomic E-state index is 0.230. The maximum absolute atomic E-state index is 13.1. The van der Waals surface area contributed by atoms with Crippen LogP contribution in [0.1, 0.15) is 18.1 Å². The summed E-state index contributed by atoms with van der Waals surface area (Å²) in [5.41, 5.74) is 1.84. The van der Waals surface area contributed by atoms with Gasteiger partial charge in [-0.15, -0.1) is 0 Å². The van der Waals surface area contributed by atoms with E-state index in [4.69, 9.17) is 0 Å². The Morgan fingerprint density at radius 1 is 1.16 bits per heavy atom. The summed E-state index contributed by atoms with van der Waals surface area (Å²) in [6, 6.07) is 6.51. The summed E-state index contributed by atoms with van der Waals surface area (Å²) >= 11 is 0. The van der Waals surface area contributed by atoms with Gasteiger partial charge in [0.1, 0.15) is 23.8 Å². The lowest BCUT2D eigenvalue weighted by molar-refractivity contribution is 0.626. The van der Waals surface area contributed by atoms with Crippen LogP contribution in [0.3, 0.4) is 0 Å². The van der Waals surface area contributed by atoms with Gasteiger partial charge in [-0.1, -0.05) is 12.1 Å². The molecule has 1 aromatic heterocycles. The summed E-state index contributed by atoms with van der Waals surface area (Å²) in [6.07, 6.45) is 1.51. The standard InChI is InChI=1S/C14H17FN4/c1-3-16-13-10(2)14(19-9-18-13)17-8-11-5-4-6-12(15)7-11/h4-7,9H,3,8H2,1-2H3,(H2,16,17,18,19). The summed E-state index contributed by atoms with van der Waals surface area (Å²) in [7, 11) is 0. The average Bonchev–Trinajstić information content (AvgIpc) is 2.40. The second-order valence-electron chi connectivity index (χ2n) is 4.21. The third-order valence-corrected chi connectivity index (χ3v) is 2.78. The lowest BCUT2D eigenvalue weighted by atomic mass is 10.2. The van der Waals surface area contributed by atoms with Gasteiger partial charge in [-0.2, -0.15) is 0 Å². The van der Waals surface area contributed by atoms with Gasteiger partial charge in [0.15, 0.2) is 0 Å². The summed E-state index contributed by atoms with van der Waals surface area (Å²) in [6.45, 7) is 5.30. The van der Waals surface area contributed by atoms with E-state index < -0.39 is 0 Å². The van der Waals surface area contributed by atoms with E-state index in [1.54, 1.807) is 6.07 Å². The molecule has 0 unspecified atom stereocenters. The van der Waals surface area contributed by atoms with Crippen LogP contribution >= 0.6 is 0 Å². The van der Waals surface area contributed by atoms with Gasteiger partial charge in [0.05, 0.1) is 0 Å². The van der Waals surface area contributed by atoms with E-state index in [0.29, 0.717) is 6.54 Å². The molecule has 0 atom stereocenters. The molecule has 5 heteroatoms. The number of anilines is 2. The number of rotatable bonds is 5. The number of halogens is 1. The lowest BCUT2D eigenvalue weighted by Gasteiger charge is -2.12. The highest BCUT2D eigenvalue weighted by Crippen LogP contribution is 2.18. The molecular formula is C14H17FN4. The van der Waals surface area contributed by atoms with Crippen LogP contribution in [0.15, 0.2) is 30.6 Å². The van der Waals surface area contributed by atoms with Crippen LogP contribution in [0.2, 0.25) is 0 Å². The van der Waals surface area contributed by atoms with Crippen molar-refractivity contribution in [3.05, 3.63) is 47.5 Å². The average molecular weight is 260 g/mol. The third kappa shape index (κ3) is 3.40. The molecule has 0 fully saturated rings. The van der Waals surface area contributed by atoms with Crippen molar-refractivity contribution in [2.75, 3.05) is 17.2 Å². The molecule has 4 nitrogen and oxygen atoms in total. The Hall–Kier alpha value is -2.17. The van der Waals surface area contributed by atoms with Gasteiger partial charge in [0.2, 0.25) is 0 Å².